The van der Waals surface area contributed by atoms with Crippen LogP contribution in [-0.4, -0.2) is 231 Å². The zero-order valence-electron chi connectivity index (χ0n) is 83.6. The Bertz CT molecular complexity index is 6290. The van der Waals surface area contributed by atoms with Crippen LogP contribution in [0.5, 0.6) is 5.88 Å². The van der Waals surface area contributed by atoms with Gasteiger partial charge in [-0.1, -0.05) is 63.6 Å². The summed E-state index contributed by atoms with van der Waals surface area (Å²) in [7, 11) is 16.4. The summed E-state index contributed by atoms with van der Waals surface area (Å²) >= 11 is 6.20. The van der Waals surface area contributed by atoms with Crippen LogP contribution < -0.4 is 77.6 Å². The molecule has 33 nitrogen and oxygen atoms in total. The first-order valence-electron chi connectivity index (χ1n) is 47.6. The van der Waals surface area contributed by atoms with Gasteiger partial charge in [-0.15, -0.1) is 0 Å². The number of nitrogens with zero attached hydrogens (tertiary/aromatic N) is 20. The lowest BCUT2D eigenvalue weighted by Gasteiger charge is -2.23. The summed E-state index contributed by atoms with van der Waals surface area (Å²) in [4.78, 5) is 113. The van der Waals surface area contributed by atoms with E-state index in [0.717, 1.165) is 97.5 Å². The molecule has 16 rings (SSSR count). The van der Waals surface area contributed by atoms with Crippen molar-refractivity contribution in [2.75, 3.05) is 165 Å². The number of hydrogen-bond donors (Lipinski definition) is 4. The van der Waals surface area contributed by atoms with Gasteiger partial charge in [-0.25, -0.2) is 49.8 Å². The van der Waals surface area contributed by atoms with Gasteiger partial charge in [0.15, 0.2) is 0 Å². The monoisotopic (exact) mass is 1940 g/mol. The van der Waals surface area contributed by atoms with Crippen LogP contribution in [0.3, 0.4) is 0 Å². The third kappa shape index (κ3) is 23.8. The SMILES string of the molecule is CCO[C@H]1CN(c2ccccn2)CC1Nc1c(CC)nc(-c2ccc(C(F)(F)F)cc2Cl)n(C)c1=O.CCO[C@H]1CN(c2ccccn2)CC1Nc1c(CC)nc(-c2ccc(N(C)C)cc2C)n(C)c1=O.CCO[C@H]1CN(c2ccccn2)CC1Nc1c(CC)nc(-c2ccc(OC)nc2C)n(C)c1=O.CCO[C@H]1CN(c2ccccn2)CC1Nc1c(CC)nc(-c2cnc(N(C)C)cc2C)n(C)c1=O. The summed E-state index contributed by atoms with van der Waals surface area (Å²) in [5.41, 5.74) is 10.0. The van der Waals surface area contributed by atoms with Crippen molar-refractivity contribution in [2.24, 2.45) is 28.2 Å². The van der Waals surface area contributed by atoms with Crippen molar-refractivity contribution in [3.8, 4) is 51.4 Å². The second kappa shape index (κ2) is 47.0. The molecule has 0 spiro atoms. The number of nitrogens with one attached hydrogen (secondary N) is 4. The zero-order chi connectivity index (χ0) is 101. The van der Waals surface area contributed by atoms with Gasteiger partial charge in [0.2, 0.25) is 5.88 Å². The van der Waals surface area contributed by atoms with Crippen LogP contribution in [-0.2, 0) is 79.0 Å². The average Bonchev–Trinajstić information content (AvgIpc) is 1.31. The number of methoxy groups -OCH3 is 1. The van der Waals surface area contributed by atoms with Gasteiger partial charge >= 0.3 is 6.18 Å². The standard InChI is InChI=1S/C27H36N6O2.C26H35N7O2.C25H27ClF3N5O2.C25H32N6O3/c1-7-21-25(29-22-16-33(17-23(22)35-8-2)24-11-9-10-14-28-24)27(34)32(6)26(30-21)20-13-12-19(31(4)5)15-18(20)3;1-7-19-24(29-20-15-33(16-21(20)35-8-2)22-11-9-10-12-27-22)26(34)32(6)25(30-19)18-14-28-23(31(4)5)13-17(18)3;1-4-18-22(31-19-13-34(14-20(19)36-5-2)21-8-6-7-11-30-21)24(35)33(3)23(32-18)16-10-9-15(12-17(16)26)25(27,28)29;1-6-18-23(25(32)30(4)24(29-18)17-11-12-22(33-5)27-16(17)3)28-19-14-31(15-20(19)34-7-2)21-10-8-9-13-26-21/h9-15,22-23,29H,7-8,16-17H2,1-6H3;9-14,20-21,29H,7-8,15-16H2,1-6H3;6-12,19-20,31H,4-5,13-14H2,1-3H3;8-13,19-20,28H,6-7,14-15H2,1-5H3/t22?,23-;20?,21-;2*19?,20-/m0000/s1. The topological polar surface area (TPSA) is 331 Å². The molecule has 140 heavy (non-hydrogen) atoms. The maximum atomic E-state index is 13.6. The molecule has 10 aromatic heterocycles. The predicted octanol–water partition coefficient (Wildman–Crippen LogP) is 14.0. The number of aryl methyl sites for hydroxylation is 7. The molecule has 14 heterocycles. The molecule has 744 valence electrons. The van der Waals surface area contributed by atoms with E-state index < -0.39 is 11.7 Å². The smallest absolute Gasteiger partial charge is 0.416 e. The quantitative estimate of drug-likeness (QED) is 0.0314. The fourth-order valence-electron chi connectivity index (χ4n) is 17.9. The van der Waals surface area contributed by atoms with E-state index in [1.54, 1.807) is 79.0 Å². The first-order valence-corrected chi connectivity index (χ1v) is 48.0. The van der Waals surface area contributed by atoms with Gasteiger partial charge in [0.05, 0.1) is 94.7 Å². The Morgan fingerprint density at radius 2 is 0.721 bits per heavy atom. The van der Waals surface area contributed by atoms with E-state index >= 15 is 0 Å². The van der Waals surface area contributed by atoms with Gasteiger partial charge in [0.1, 0.15) is 75.1 Å². The first kappa shape index (κ1) is 104. The van der Waals surface area contributed by atoms with Gasteiger partial charge < -0.3 is 74.4 Å². The fourth-order valence-corrected chi connectivity index (χ4v) is 18.2. The van der Waals surface area contributed by atoms with Crippen molar-refractivity contribution in [1.82, 2.24) is 68.1 Å². The third-order valence-corrected chi connectivity index (χ3v) is 25.7. The van der Waals surface area contributed by atoms with Crippen molar-refractivity contribution in [2.45, 2.75) is 157 Å². The van der Waals surface area contributed by atoms with Gasteiger partial charge in [0.25, 0.3) is 22.2 Å². The van der Waals surface area contributed by atoms with E-state index in [1.165, 1.54) is 17.7 Å². The minimum Gasteiger partial charge on any atom is -0.481 e. The van der Waals surface area contributed by atoms with Crippen molar-refractivity contribution in [3.63, 3.8) is 0 Å². The lowest BCUT2D eigenvalue weighted by atomic mass is 10.1. The summed E-state index contributed by atoms with van der Waals surface area (Å²) in [6, 6.07) is 37.9. The number of benzene rings is 2. The van der Waals surface area contributed by atoms with E-state index in [2.05, 4.69) is 99.7 Å². The normalized spacial score (nSPS) is 17.7. The molecule has 4 saturated heterocycles. The molecule has 0 amide bonds. The lowest BCUT2D eigenvalue weighted by Crippen LogP contribution is -2.38. The minimum absolute atomic E-state index is 0.0521. The fraction of sp³-hybridized carbons (Fsp3) is 0.437. The van der Waals surface area contributed by atoms with Crippen molar-refractivity contribution in [1.29, 1.82) is 0 Å². The lowest BCUT2D eigenvalue weighted by molar-refractivity contribution is -0.137. The molecule has 4 unspecified atom stereocenters. The van der Waals surface area contributed by atoms with Gasteiger partial charge in [-0.3, -0.25) is 37.4 Å². The number of alkyl halides is 3. The number of hydrogen-bond acceptors (Lipinski definition) is 29. The molecule has 8 atom stereocenters. The van der Waals surface area contributed by atoms with Gasteiger partial charge in [-0.05, 0) is 182 Å². The Labute approximate surface area is 820 Å². The number of halogens is 4. The summed E-state index contributed by atoms with van der Waals surface area (Å²) in [5, 5.41) is 13.7. The van der Waals surface area contributed by atoms with Crippen LogP contribution in [0.4, 0.5) is 70.7 Å². The van der Waals surface area contributed by atoms with Crippen LogP contribution in [0.2, 0.25) is 5.02 Å². The number of aromatic nitrogens is 14. The minimum atomic E-state index is -4.52. The predicted molar refractivity (Wildman–Crippen MR) is 549 cm³/mol. The highest BCUT2D eigenvalue weighted by Gasteiger charge is 2.41. The van der Waals surface area contributed by atoms with E-state index in [0.29, 0.717) is 156 Å². The number of ether oxygens (including phenoxy) is 5. The Balaban J connectivity index is 0.000000157. The number of rotatable bonds is 31. The maximum Gasteiger partial charge on any atom is 0.416 e. The second-order valence-electron chi connectivity index (χ2n) is 35.1. The molecular weight excluding hydrogens is 1810 g/mol. The molecule has 4 fully saturated rings. The van der Waals surface area contributed by atoms with Crippen LogP contribution in [0.15, 0.2) is 178 Å². The highest BCUT2D eigenvalue weighted by molar-refractivity contribution is 6.33. The van der Waals surface area contributed by atoms with Crippen LogP contribution in [0, 0.1) is 20.8 Å². The van der Waals surface area contributed by atoms with E-state index in [1.807, 2.05) is 193 Å². The summed E-state index contributed by atoms with van der Waals surface area (Å²) in [5.74, 6) is 7.02. The Morgan fingerprint density at radius 3 is 1.01 bits per heavy atom. The molecule has 4 aliphatic rings. The highest BCUT2D eigenvalue weighted by Crippen LogP contribution is 2.38. The van der Waals surface area contributed by atoms with Crippen LogP contribution in [0.1, 0.15) is 101 Å². The van der Waals surface area contributed by atoms with E-state index in [-0.39, 0.29) is 87.2 Å². The molecule has 2 aromatic carbocycles. The van der Waals surface area contributed by atoms with Crippen molar-refractivity contribution < 1.29 is 36.9 Å². The Kier molecular flexibility index (Phi) is 34.9. The zero-order valence-corrected chi connectivity index (χ0v) is 84.3. The molecule has 4 aliphatic heterocycles. The maximum absolute atomic E-state index is 13.6. The summed E-state index contributed by atoms with van der Waals surface area (Å²) < 4.78 is 74.7. The van der Waals surface area contributed by atoms with Crippen molar-refractivity contribution in [3.05, 3.63) is 250 Å². The first-order chi connectivity index (χ1) is 67.3. The van der Waals surface area contributed by atoms with E-state index in [4.69, 9.17) is 50.2 Å². The second-order valence-corrected chi connectivity index (χ2v) is 35.5. The Hall–Kier alpha value is -13.4. The Morgan fingerprint density at radius 1 is 0.393 bits per heavy atom. The molecule has 0 radical (unpaired) electrons. The largest absolute Gasteiger partial charge is 0.481 e. The number of anilines is 10. The number of pyridine rings is 6. The van der Waals surface area contributed by atoms with Crippen LogP contribution >= 0.6 is 11.6 Å². The molecule has 12 aromatic rings. The average molecular weight is 1940 g/mol. The molecule has 37 heteroatoms. The third-order valence-electron chi connectivity index (χ3n) is 25.4. The summed E-state index contributed by atoms with van der Waals surface area (Å²) in [6.45, 7) is 29.5. The van der Waals surface area contributed by atoms with E-state index in [9.17, 15) is 32.3 Å². The van der Waals surface area contributed by atoms with Crippen molar-refractivity contribution >= 4 is 69.1 Å². The molecule has 4 N–H and O–H groups in total. The molecule has 0 saturated carbocycles. The van der Waals surface area contributed by atoms with Crippen LogP contribution in [0.25, 0.3) is 45.6 Å². The molecule has 0 bridgehead atoms. The van der Waals surface area contributed by atoms with Gasteiger partial charge in [0, 0.05) is 200 Å². The van der Waals surface area contributed by atoms with Gasteiger partial charge in [-0.2, -0.15) is 13.2 Å². The molecular formula is C103H130ClF3N24O9. The highest BCUT2D eigenvalue weighted by atomic mass is 35.5. The molecule has 0 aliphatic carbocycles. The summed E-state index contributed by atoms with van der Waals surface area (Å²) in [6.07, 6.45) is 6.32.